The molecule has 0 heterocycles. The molecule has 0 saturated carbocycles. The summed E-state index contributed by atoms with van der Waals surface area (Å²) in [6.45, 7) is 5.05. The van der Waals surface area contributed by atoms with Crippen molar-refractivity contribution >= 4 is 11.7 Å². The molecular formula is C16H19F12N3O2. The van der Waals surface area contributed by atoms with Crippen molar-refractivity contribution in [3.05, 3.63) is 12.3 Å². The van der Waals surface area contributed by atoms with Gasteiger partial charge in [-0.2, -0.15) is 57.8 Å². The molecule has 0 aromatic heterocycles. The molecule has 5 nitrogen and oxygen atoms in total. The second-order valence-electron chi connectivity index (χ2n) is 6.22. The molecule has 0 rings (SSSR count). The molecule has 0 saturated heterocycles. The highest BCUT2D eigenvalue weighted by molar-refractivity contribution is 5.94. The number of hydrazone groups is 1. The van der Waals surface area contributed by atoms with Gasteiger partial charge in [0.25, 0.3) is 5.54 Å². The Labute approximate surface area is 179 Å². The van der Waals surface area contributed by atoms with E-state index in [1.165, 1.54) is 18.9 Å². The molecule has 0 amide bonds. The minimum Gasteiger partial charge on any atom is -0.465 e. The van der Waals surface area contributed by atoms with Crippen molar-refractivity contribution in [2.24, 2.45) is 11.0 Å². The van der Waals surface area contributed by atoms with Crippen LogP contribution in [0, 0.1) is 5.92 Å². The quantitative estimate of drug-likeness (QED) is 0.205. The van der Waals surface area contributed by atoms with Crippen LogP contribution < -0.4 is 5.43 Å². The highest BCUT2D eigenvalue weighted by atomic mass is 19.4. The molecule has 0 aliphatic heterocycles. The summed E-state index contributed by atoms with van der Waals surface area (Å²) >= 11 is 0. The Balaban J connectivity index is 7.39. The molecule has 0 aromatic carbocycles. The first-order valence-corrected chi connectivity index (χ1v) is 8.86. The number of nitrogens with one attached hydrogen (secondary N) is 1. The lowest BCUT2D eigenvalue weighted by atomic mass is 9.80. The summed E-state index contributed by atoms with van der Waals surface area (Å²) in [6.07, 6.45) is -26.4. The number of esters is 1. The van der Waals surface area contributed by atoms with Crippen LogP contribution in [-0.4, -0.2) is 66.5 Å². The topological polar surface area (TPSA) is 53.9 Å². The van der Waals surface area contributed by atoms with Crippen molar-refractivity contribution in [2.75, 3.05) is 19.7 Å². The van der Waals surface area contributed by atoms with Crippen LogP contribution in [0.25, 0.3) is 0 Å². The number of carbonyl (C=O) groups excluding carboxylic acids is 1. The molecule has 0 aromatic rings. The fraction of sp³-hybridized carbons (Fsp3) is 0.750. The number of alkyl halides is 12. The molecule has 0 aliphatic rings. The van der Waals surface area contributed by atoms with E-state index in [9.17, 15) is 57.5 Å². The van der Waals surface area contributed by atoms with Crippen molar-refractivity contribution in [1.29, 1.82) is 0 Å². The van der Waals surface area contributed by atoms with E-state index in [-0.39, 0.29) is 18.5 Å². The molecule has 0 spiro atoms. The molecule has 1 unspecified atom stereocenters. The van der Waals surface area contributed by atoms with E-state index in [1.807, 2.05) is 0 Å². The molecular weight excluding hydrogens is 494 g/mol. The number of hydrogen-bond acceptors (Lipinski definition) is 5. The average molecular weight is 513 g/mol. The van der Waals surface area contributed by atoms with Gasteiger partial charge in [-0.3, -0.25) is 10.2 Å². The third-order valence-electron chi connectivity index (χ3n) is 4.23. The Bertz CT molecular complexity index is 688. The first-order valence-electron chi connectivity index (χ1n) is 8.86. The second kappa shape index (κ2) is 10.3. The Hall–Kier alpha value is -2.36. The van der Waals surface area contributed by atoms with Crippen molar-refractivity contribution in [1.82, 2.24) is 10.3 Å². The predicted octanol–water partition coefficient (Wildman–Crippen LogP) is 4.95. The van der Waals surface area contributed by atoms with Gasteiger partial charge in [0, 0.05) is 18.8 Å². The largest absolute Gasteiger partial charge is 0.465 e. The maximum absolute atomic E-state index is 13.9. The average Bonchev–Trinajstić information content (AvgIpc) is 2.57. The van der Waals surface area contributed by atoms with Gasteiger partial charge in [-0.05, 0) is 20.8 Å². The Morgan fingerprint density at radius 1 is 0.879 bits per heavy atom. The SMILES string of the molecule is C=C(C(C(=O)OCC)C(NN=C(C(F)(F)F)C(F)(F)F)(C(F)(F)F)C(F)(F)F)N(CC)CC. The lowest BCUT2D eigenvalue weighted by molar-refractivity contribution is -0.320. The van der Waals surface area contributed by atoms with Crippen molar-refractivity contribution in [2.45, 2.75) is 51.0 Å². The highest BCUT2D eigenvalue weighted by Crippen LogP contribution is 2.51. The van der Waals surface area contributed by atoms with E-state index >= 15 is 0 Å². The van der Waals surface area contributed by atoms with E-state index in [0.717, 1.165) is 6.92 Å². The summed E-state index contributed by atoms with van der Waals surface area (Å²) in [7, 11) is 0. The standard InChI is InChI=1S/C16H19F12N3O2/c1-5-31(6-2)8(4)9(10(32)33-7-3)12(15(23,24)25,16(26,27)28)30-29-11(13(17,18)19)14(20,21)22/h9,30H,4-7H2,1-3H3. The number of rotatable bonds is 9. The molecule has 1 N–H and O–H groups in total. The van der Waals surface area contributed by atoms with Gasteiger partial charge in [-0.25, -0.2) is 0 Å². The van der Waals surface area contributed by atoms with Gasteiger partial charge in [0.2, 0.25) is 5.71 Å². The predicted molar refractivity (Wildman–Crippen MR) is 89.7 cm³/mol. The molecule has 0 fully saturated rings. The first kappa shape index (κ1) is 30.6. The van der Waals surface area contributed by atoms with Crippen LogP contribution in [0.2, 0.25) is 0 Å². The zero-order chi connectivity index (χ0) is 26.6. The summed E-state index contributed by atoms with van der Waals surface area (Å²) in [6, 6.07) is 0. The Kier molecular flexibility index (Phi) is 9.54. The number of nitrogens with zero attached hydrogens (tertiary/aromatic N) is 2. The zero-order valence-electron chi connectivity index (χ0n) is 17.2. The first-order chi connectivity index (χ1) is 14.6. The van der Waals surface area contributed by atoms with E-state index < -0.39 is 60.1 Å². The normalized spacial score (nSPS) is 14.4. The van der Waals surface area contributed by atoms with Gasteiger partial charge in [0.05, 0.1) is 6.61 Å². The van der Waals surface area contributed by atoms with E-state index in [2.05, 4.69) is 11.3 Å². The summed E-state index contributed by atoms with van der Waals surface area (Å²) in [5.74, 6) is -5.85. The van der Waals surface area contributed by atoms with E-state index in [0.29, 0.717) is 4.90 Å². The molecule has 0 bridgehead atoms. The summed E-state index contributed by atoms with van der Waals surface area (Å²) < 4.78 is 164. The molecule has 17 heteroatoms. The lowest BCUT2D eigenvalue weighted by Gasteiger charge is -2.43. The number of carbonyl (C=O) groups is 1. The highest BCUT2D eigenvalue weighted by Gasteiger charge is 2.78. The van der Waals surface area contributed by atoms with Gasteiger partial charge in [-0.15, -0.1) is 0 Å². The maximum atomic E-state index is 13.9. The van der Waals surface area contributed by atoms with Crippen molar-refractivity contribution in [3.8, 4) is 0 Å². The fourth-order valence-electron chi connectivity index (χ4n) is 2.71. The molecule has 1 atom stereocenters. The number of hydrogen-bond donors (Lipinski definition) is 1. The fourth-order valence-corrected chi connectivity index (χ4v) is 2.71. The van der Waals surface area contributed by atoms with Gasteiger partial charge >= 0.3 is 30.7 Å². The van der Waals surface area contributed by atoms with Crippen LogP contribution in [0.1, 0.15) is 20.8 Å². The van der Waals surface area contributed by atoms with Gasteiger partial charge in [-0.1, -0.05) is 6.58 Å². The van der Waals surface area contributed by atoms with Crippen molar-refractivity contribution < 1.29 is 62.2 Å². The Morgan fingerprint density at radius 3 is 1.55 bits per heavy atom. The van der Waals surface area contributed by atoms with Crippen LogP contribution in [0.15, 0.2) is 17.4 Å². The monoisotopic (exact) mass is 513 g/mol. The molecule has 0 aliphatic carbocycles. The third-order valence-corrected chi connectivity index (χ3v) is 4.23. The lowest BCUT2D eigenvalue weighted by Crippen LogP contribution is -2.72. The molecule has 194 valence electrons. The number of ether oxygens (including phenoxy) is 1. The molecule has 33 heavy (non-hydrogen) atoms. The van der Waals surface area contributed by atoms with Crippen molar-refractivity contribution in [3.63, 3.8) is 0 Å². The van der Waals surface area contributed by atoms with Crippen LogP contribution >= 0.6 is 0 Å². The van der Waals surface area contributed by atoms with Gasteiger partial charge < -0.3 is 9.64 Å². The maximum Gasteiger partial charge on any atom is 0.440 e. The summed E-state index contributed by atoms with van der Waals surface area (Å²) in [4.78, 5) is 13.0. The summed E-state index contributed by atoms with van der Waals surface area (Å²) in [5.41, 5.74) is -11.0. The van der Waals surface area contributed by atoms with Crippen LogP contribution in [0.3, 0.4) is 0 Å². The van der Waals surface area contributed by atoms with E-state index in [1.54, 1.807) is 0 Å². The zero-order valence-corrected chi connectivity index (χ0v) is 17.2. The number of halogens is 12. The van der Waals surface area contributed by atoms with Gasteiger partial charge in [0.1, 0.15) is 5.92 Å². The van der Waals surface area contributed by atoms with E-state index in [4.69, 9.17) is 0 Å². The summed E-state index contributed by atoms with van der Waals surface area (Å²) in [5, 5.41) is 1.44. The third kappa shape index (κ3) is 6.59. The van der Waals surface area contributed by atoms with Gasteiger partial charge in [0.15, 0.2) is 0 Å². The second-order valence-corrected chi connectivity index (χ2v) is 6.22. The molecule has 0 radical (unpaired) electrons. The smallest absolute Gasteiger partial charge is 0.440 e. The minimum absolute atomic E-state index is 0.0406. The van der Waals surface area contributed by atoms with Crippen LogP contribution in [0.5, 0.6) is 0 Å². The minimum atomic E-state index is -6.72. The van der Waals surface area contributed by atoms with Crippen LogP contribution in [0.4, 0.5) is 52.7 Å². The van der Waals surface area contributed by atoms with Crippen LogP contribution in [-0.2, 0) is 9.53 Å². The Morgan fingerprint density at radius 2 is 1.27 bits per heavy atom.